The predicted octanol–water partition coefficient (Wildman–Crippen LogP) is 4.41. The van der Waals surface area contributed by atoms with E-state index in [4.69, 9.17) is 4.74 Å². The lowest BCUT2D eigenvalue weighted by atomic mass is 9.88. The van der Waals surface area contributed by atoms with Crippen molar-refractivity contribution in [3.63, 3.8) is 0 Å². The van der Waals surface area contributed by atoms with Crippen LogP contribution in [0.2, 0.25) is 0 Å². The number of methoxy groups -OCH3 is 1. The van der Waals surface area contributed by atoms with Crippen LogP contribution in [0.5, 0.6) is 5.75 Å². The summed E-state index contributed by atoms with van der Waals surface area (Å²) in [4.78, 5) is 0. The smallest absolute Gasteiger partial charge is 0.118 e. The van der Waals surface area contributed by atoms with Gasteiger partial charge < -0.3 is 10.1 Å². The SMILES string of the molecule is COc1ccc(C[C@@H](C)[NH2+]CCC(c2ccccc2)c2ccccc2)cc1. The number of rotatable bonds is 9. The molecule has 0 aliphatic carbocycles. The van der Waals surface area contributed by atoms with E-state index in [0.717, 1.165) is 25.1 Å². The maximum atomic E-state index is 5.24. The molecule has 0 unspecified atom stereocenters. The molecule has 0 saturated carbocycles. The van der Waals surface area contributed by atoms with E-state index in [-0.39, 0.29) is 0 Å². The standard InChI is InChI=1S/C25H29NO/c1-20(19-21-13-15-24(27-2)16-14-21)26-18-17-25(22-9-5-3-6-10-22)23-11-7-4-8-12-23/h3-16,20,25-26H,17-19H2,1-2H3/p+1/t20-/m1/s1. The Bertz CT molecular complexity index is 744. The molecule has 0 bridgehead atoms. The molecule has 3 aromatic rings. The van der Waals surface area contributed by atoms with Gasteiger partial charge in [-0.15, -0.1) is 0 Å². The summed E-state index contributed by atoms with van der Waals surface area (Å²) < 4.78 is 5.24. The fraction of sp³-hybridized carbons (Fsp3) is 0.280. The molecule has 2 nitrogen and oxygen atoms in total. The van der Waals surface area contributed by atoms with E-state index in [2.05, 4.69) is 85.0 Å². The lowest BCUT2D eigenvalue weighted by Gasteiger charge is -2.19. The first-order chi connectivity index (χ1) is 13.3. The van der Waals surface area contributed by atoms with Crippen molar-refractivity contribution in [1.29, 1.82) is 0 Å². The Morgan fingerprint density at radius 1 is 0.778 bits per heavy atom. The molecular weight excluding hydrogens is 330 g/mol. The Hall–Kier alpha value is -2.58. The minimum Gasteiger partial charge on any atom is -0.497 e. The Kier molecular flexibility index (Phi) is 7.06. The van der Waals surface area contributed by atoms with Gasteiger partial charge in [-0.25, -0.2) is 0 Å². The summed E-state index contributed by atoms with van der Waals surface area (Å²) in [6, 6.07) is 30.7. The molecule has 2 heteroatoms. The number of hydrogen-bond acceptors (Lipinski definition) is 1. The van der Waals surface area contributed by atoms with Crippen molar-refractivity contribution in [2.45, 2.75) is 31.7 Å². The Morgan fingerprint density at radius 3 is 1.85 bits per heavy atom. The summed E-state index contributed by atoms with van der Waals surface area (Å²) in [6.07, 6.45) is 2.21. The molecule has 2 N–H and O–H groups in total. The van der Waals surface area contributed by atoms with Crippen LogP contribution in [-0.4, -0.2) is 19.7 Å². The molecule has 0 radical (unpaired) electrons. The minimum atomic E-state index is 0.455. The molecule has 0 aromatic heterocycles. The van der Waals surface area contributed by atoms with Crippen LogP contribution in [-0.2, 0) is 6.42 Å². The number of quaternary nitrogens is 1. The van der Waals surface area contributed by atoms with Gasteiger partial charge in [0, 0.05) is 18.8 Å². The lowest BCUT2D eigenvalue weighted by molar-refractivity contribution is -0.686. The molecule has 3 rings (SSSR count). The molecule has 0 aliphatic rings. The molecule has 0 amide bonds. The second-order valence-electron chi connectivity index (χ2n) is 7.22. The van der Waals surface area contributed by atoms with Gasteiger partial charge in [0.05, 0.1) is 19.7 Å². The van der Waals surface area contributed by atoms with E-state index in [1.807, 2.05) is 12.1 Å². The molecule has 0 spiro atoms. The molecule has 3 aromatic carbocycles. The van der Waals surface area contributed by atoms with Crippen molar-refractivity contribution in [3.8, 4) is 5.75 Å². The fourth-order valence-electron chi connectivity index (χ4n) is 3.66. The molecule has 0 fully saturated rings. The van der Waals surface area contributed by atoms with E-state index in [0.29, 0.717) is 12.0 Å². The number of benzene rings is 3. The van der Waals surface area contributed by atoms with Crippen LogP contribution >= 0.6 is 0 Å². The van der Waals surface area contributed by atoms with Crippen LogP contribution in [0.25, 0.3) is 0 Å². The summed E-state index contributed by atoms with van der Waals surface area (Å²) in [5, 5.41) is 2.48. The zero-order chi connectivity index (χ0) is 18.9. The van der Waals surface area contributed by atoms with Crippen LogP contribution in [0.15, 0.2) is 84.9 Å². The average molecular weight is 361 g/mol. The van der Waals surface area contributed by atoms with Crippen molar-refractivity contribution in [2.24, 2.45) is 0 Å². The Morgan fingerprint density at radius 2 is 1.33 bits per heavy atom. The molecule has 27 heavy (non-hydrogen) atoms. The van der Waals surface area contributed by atoms with Crippen LogP contribution in [0.4, 0.5) is 0 Å². The summed E-state index contributed by atoms with van der Waals surface area (Å²) >= 11 is 0. The predicted molar refractivity (Wildman–Crippen MR) is 112 cm³/mol. The van der Waals surface area contributed by atoms with E-state index in [9.17, 15) is 0 Å². The summed E-state index contributed by atoms with van der Waals surface area (Å²) in [5.74, 6) is 1.38. The van der Waals surface area contributed by atoms with E-state index in [1.54, 1.807) is 7.11 Å². The highest BCUT2D eigenvalue weighted by atomic mass is 16.5. The highest BCUT2D eigenvalue weighted by molar-refractivity contribution is 5.32. The van der Waals surface area contributed by atoms with Gasteiger partial charge in [0.1, 0.15) is 5.75 Å². The number of ether oxygens (including phenoxy) is 1. The zero-order valence-electron chi connectivity index (χ0n) is 16.3. The molecule has 0 heterocycles. The summed E-state index contributed by atoms with van der Waals surface area (Å²) in [5.41, 5.74) is 4.17. The van der Waals surface area contributed by atoms with Crippen molar-refractivity contribution < 1.29 is 10.1 Å². The third-order valence-corrected chi connectivity index (χ3v) is 5.14. The molecule has 0 saturated heterocycles. The third-order valence-electron chi connectivity index (χ3n) is 5.14. The van der Waals surface area contributed by atoms with Gasteiger partial charge in [-0.2, -0.15) is 0 Å². The highest BCUT2D eigenvalue weighted by Gasteiger charge is 2.15. The van der Waals surface area contributed by atoms with Gasteiger partial charge in [-0.3, -0.25) is 0 Å². The maximum absolute atomic E-state index is 5.24. The Labute approximate surface area is 163 Å². The summed E-state index contributed by atoms with van der Waals surface area (Å²) in [6.45, 7) is 3.43. The average Bonchev–Trinajstić information content (AvgIpc) is 2.73. The second-order valence-corrected chi connectivity index (χ2v) is 7.22. The number of hydrogen-bond donors (Lipinski definition) is 1. The second kappa shape index (κ2) is 9.94. The van der Waals surface area contributed by atoms with Crippen LogP contribution in [0.1, 0.15) is 36.0 Å². The van der Waals surface area contributed by atoms with Crippen LogP contribution in [0, 0.1) is 0 Å². The monoisotopic (exact) mass is 360 g/mol. The van der Waals surface area contributed by atoms with E-state index >= 15 is 0 Å². The number of nitrogens with two attached hydrogens (primary N) is 1. The van der Waals surface area contributed by atoms with Crippen molar-refractivity contribution >= 4 is 0 Å². The van der Waals surface area contributed by atoms with Crippen LogP contribution < -0.4 is 10.1 Å². The van der Waals surface area contributed by atoms with Crippen molar-refractivity contribution in [2.75, 3.05) is 13.7 Å². The highest BCUT2D eigenvalue weighted by Crippen LogP contribution is 2.27. The van der Waals surface area contributed by atoms with E-state index < -0.39 is 0 Å². The summed E-state index contributed by atoms with van der Waals surface area (Å²) in [7, 11) is 1.71. The maximum Gasteiger partial charge on any atom is 0.118 e. The van der Waals surface area contributed by atoms with E-state index in [1.165, 1.54) is 16.7 Å². The molecule has 1 atom stereocenters. The van der Waals surface area contributed by atoms with Gasteiger partial charge >= 0.3 is 0 Å². The van der Waals surface area contributed by atoms with Crippen molar-refractivity contribution in [1.82, 2.24) is 0 Å². The van der Waals surface area contributed by atoms with Gasteiger partial charge in [0.25, 0.3) is 0 Å². The zero-order valence-corrected chi connectivity index (χ0v) is 16.3. The molecule has 140 valence electrons. The van der Waals surface area contributed by atoms with Gasteiger partial charge in [0.2, 0.25) is 0 Å². The van der Waals surface area contributed by atoms with Crippen LogP contribution in [0.3, 0.4) is 0 Å². The first-order valence-corrected chi connectivity index (χ1v) is 9.82. The molecular formula is C25H30NO+. The third kappa shape index (κ3) is 5.70. The quantitative estimate of drug-likeness (QED) is 0.601. The topological polar surface area (TPSA) is 25.8 Å². The minimum absolute atomic E-state index is 0.455. The van der Waals surface area contributed by atoms with Gasteiger partial charge in [-0.1, -0.05) is 72.8 Å². The fourth-order valence-corrected chi connectivity index (χ4v) is 3.66. The van der Waals surface area contributed by atoms with Gasteiger partial charge in [-0.05, 0) is 35.7 Å². The normalized spacial score (nSPS) is 12.1. The Balaban J connectivity index is 1.57. The first kappa shape index (κ1) is 19.2. The lowest BCUT2D eigenvalue weighted by Crippen LogP contribution is -2.89. The first-order valence-electron chi connectivity index (χ1n) is 9.82. The van der Waals surface area contributed by atoms with Crippen molar-refractivity contribution in [3.05, 3.63) is 102 Å². The largest absolute Gasteiger partial charge is 0.497 e. The molecule has 0 aliphatic heterocycles. The van der Waals surface area contributed by atoms with Gasteiger partial charge in [0.15, 0.2) is 0 Å².